The number of pyridine rings is 1. The van der Waals surface area contributed by atoms with Crippen molar-refractivity contribution in [2.24, 2.45) is 0 Å². The highest BCUT2D eigenvalue weighted by Crippen LogP contribution is 2.18. The first-order valence-electron chi connectivity index (χ1n) is 5.62. The van der Waals surface area contributed by atoms with Gasteiger partial charge in [0.05, 0.1) is 12.2 Å². The Balaban J connectivity index is 1.93. The van der Waals surface area contributed by atoms with Gasteiger partial charge in [-0.05, 0) is 30.3 Å². The lowest BCUT2D eigenvalue weighted by molar-refractivity contribution is 0.320. The third-order valence-corrected chi connectivity index (χ3v) is 2.50. The van der Waals surface area contributed by atoms with Crippen molar-refractivity contribution in [2.75, 3.05) is 12.3 Å². The number of ether oxygens (including phenoxy) is 1. The average molecular weight is 239 g/mol. The molecule has 2 rings (SSSR count). The predicted octanol–water partition coefficient (Wildman–Crippen LogP) is 2.16. The zero-order valence-corrected chi connectivity index (χ0v) is 9.84. The summed E-state index contributed by atoms with van der Waals surface area (Å²) in [7, 11) is 0. The van der Waals surface area contributed by atoms with Crippen molar-refractivity contribution < 1.29 is 4.74 Å². The van der Waals surface area contributed by atoms with E-state index in [1.807, 2.05) is 24.3 Å². The largest absolute Gasteiger partial charge is 0.493 e. The molecular weight excluding hydrogens is 226 g/mol. The molecule has 0 saturated heterocycles. The quantitative estimate of drug-likeness (QED) is 0.830. The summed E-state index contributed by atoms with van der Waals surface area (Å²) in [4.78, 5) is 4.21. The lowest BCUT2D eigenvalue weighted by Crippen LogP contribution is -2.03. The molecule has 0 atom stereocenters. The van der Waals surface area contributed by atoms with Gasteiger partial charge in [-0.3, -0.25) is 4.98 Å². The Kier molecular flexibility index (Phi) is 3.77. The van der Waals surface area contributed by atoms with Crippen molar-refractivity contribution in [3.05, 3.63) is 53.9 Å². The van der Waals surface area contributed by atoms with E-state index in [0.29, 0.717) is 23.6 Å². The Bertz CT molecular complexity index is 561. The lowest BCUT2D eigenvalue weighted by atomic mass is 10.2. The molecule has 0 aliphatic rings. The van der Waals surface area contributed by atoms with Crippen LogP contribution in [0, 0.1) is 11.3 Å². The standard InChI is InChI=1S/C14H13N3O/c15-10-11-9-13(4-5-14(11)16)18-8-6-12-3-1-2-7-17-12/h1-5,7,9H,6,8,16H2. The molecule has 4 nitrogen and oxygen atoms in total. The van der Waals surface area contributed by atoms with Crippen molar-refractivity contribution in [2.45, 2.75) is 6.42 Å². The van der Waals surface area contributed by atoms with E-state index in [2.05, 4.69) is 4.98 Å². The highest BCUT2D eigenvalue weighted by atomic mass is 16.5. The fourth-order valence-electron chi connectivity index (χ4n) is 1.54. The second-order valence-corrected chi connectivity index (χ2v) is 3.78. The summed E-state index contributed by atoms with van der Waals surface area (Å²) < 4.78 is 5.56. The van der Waals surface area contributed by atoms with Crippen molar-refractivity contribution >= 4 is 5.69 Å². The summed E-state index contributed by atoms with van der Waals surface area (Å²) in [6.07, 6.45) is 2.49. The molecule has 1 aromatic carbocycles. The van der Waals surface area contributed by atoms with Gasteiger partial charge in [0.1, 0.15) is 11.8 Å². The van der Waals surface area contributed by atoms with E-state index < -0.39 is 0 Å². The first-order chi connectivity index (χ1) is 8.79. The van der Waals surface area contributed by atoms with Crippen LogP contribution in [-0.2, 0) is 6.42 Å². The monoisotopic (exact) mass is 239 g/mol. The second-order valence-electron chi connectivity index (χ2n) is 3.78. The number of nitrogens with zero attached hydrogens (tertiary/aromatic N) is 2. The molecule has 0 spiro atoms. The van der Waals surface area contributed by atoms with E-state index in [-0.39, 0.29) is 0 Å². The SMILES string of the molecule is N#Cc1cc(OCCc2ccccn2)ccc1N. The number of hydrogen-bond acceptors (Lipinski definition) is 4. The van der Waals surface area contributed by atoms with Crippen LogP contribution in [0.25, 0.3) is 0 Å². The third kappa shape index (κ3) is 2.98. The topological polar surface area (TPSA) is 71.9 Å². The first-order valence-corrected chi connectivity index (χ1v) is 5.62. The number of benzene rings is 1. The molecule has 4 heteroatoms. The second kappa shape index (κ2) is 5.69. The molecule has 0 radical (unpaired) electrons. The number of hydrogen-bond donors (Lipinski definition) is 1. The zero-order chi connectivity index (χ0) is 12.8. The minimum Gasteiger partial charge on any atom is -0.493 e. The van der Waals surface area contributed by atoms with Crippen molar-refractivity contribution in [3.63, 3.8) is 0 Å². The van der Waals surface area contributed by atoms with E-state index in [4.69, 9.17) is 15.7 Å². The van der Waals surface area contributed by atoms with E-state index in [1.54, 1.807) is 24.4 Å². The normalized spacial score (nSPS) is 9.72. The molecule has 90 valence electrons. The maximum absolute atomic E-state index is 8.85. The van der Waals surface area contributed by atoms with E-state index in [9.17, 15) is 0 Å². The maximum atomic E-state index is 8.85. The van der Waals surface area contributed by atoms with Crippen LogP contribution in [0.2, 0.25) is 0 Å². The van der Waals surface area contributed by atoms with Crippen molar-refractivity contribution in [1.29, 1.82) is 5.26 Å². The van der Waals surface area contributed by atoms with Crippen LogP contribution in [-0.4, -0.2) is 11.6 Å². The van der Waals surface area contributed by atoms with Crippen LogP contribution in [0.15, 0.2) is 42.6 Å². The predicted molar refractivity (Wildman–Crippen MR) is 69.0 cm³/mol. The summed E-state index contributed by atoms with van der Waals surface area (Å²) in [6.45, 7) is 0.520. The minimum atomic E-state index is 0.435. The summed E-state index contributed by atoms with van der Waals surface area (Å²) in [6, 6.07) is 12.9. The Morgan fingerprint density at radius 3 is 2.89 bits per heavy atom. The van der Waals surface area contributed by atoms with Gasteiger partial charge in [-0.25, -0.2) is 0 Å². The molecule has 2 aromatic rings. The van der Waals surface area contributed by atoms with Gasteiger partial charge in [-0.1, -0.05) is 6.07 Å². The molecule has 0 aliphatic heterocycles. The van der Waals surface area contributed by atoms with Crippen molar-refractivity contribution in [1.82, 2.24) is 4.98 Å². The first kappa shape index (κ1) is 11.9. The van der Waals surface area contributed by atoms with Crippen LogP contribution < -0.4 is 10.5 Å². The lowest BCUT2D eigenvalue weighted by Gasteiger charge is -2.07. The van der Waals surface area contributed by atoms with Crippen LogP contribution in [0.1, 0.15) is 11.3 Å². The highest BCUT2D eigenvalue weighted by molar-refractivity contribution is 5.56. The maximum Gasteiger partial charge on any atom is 0.120 e. The summed E-state index contributed by atoms with van der Waals surface area (Å²) in [5.74, 6) is 0.650. The number of nitrogen functional groups attached to an aromatic ring is 1. The average Bonchev–Trinajstić information content (AvgIpc) is 2.42. The van der Waals surface area contributed by atoms with Gasteiger partial charge in [-0.2, -0.15) is 5.26 Å². The summed E-state index contributed by atoms with van der Waals surface area (Å²) in [5, 5.41) is 8.85. The van der Waals surface area contributed by atoms with E-state index in [1.165, 1.54) is 0 Å². The summed E-state index contributed by atoms with van der Waals surface area (Å²) in [5.41, 5.74) is 7.51. The minimum absolute atomic E-state index is 0.435. The van der Waals surface area contributed by atoms with Gasteiger partial charge in [0.2, 0.25) is 0 Å². The molecule has 0 bridgehead atoms. The molecule has 0 unspecified atom stereocenters. The number of rotatable bonds is 4. The van der Waals surface area contributed by atoms with Gasteiger partial charge in [0, 0.05) is 24.0 Å². The van der Waals surface area contributed by atoms with E-state index in [0.717, 1.165) is 12.1 Å². The molecule has 0 saturated carbocycles. The molecule has 0 aliphatic carbocycles. The Labute approximate surface area is 106 Å². The van der Waals surface area contributed by atoms with Crippen LogP contribution in [0.3, 0.4) is 0 Å². The molecule has 2 N–H and O–H groups in total. The third-order valence-electron chi connectivity index (χ3n) is 2.50. The Hall–Kier alpha value is -2.54. The van der Waals surface area contributed by atoms with Gasteiger partial charge in [0.15, 0.2) is 0 Å². The zero-order valence-electron chi connectivity index (χ0n) is 9.84. The molecule has 1 aromatic heterocycles. The highest BCUT2D eigenvalue weighted by Gasteiger charge is 2.01. The number of aromatic nitrogens is 1. The number of nitrogens with two attached hydrogens (primary N) is 1. The van der Waals surface area contributed by atoms with Gasteiger partial charge in [-0.15, -0.1) is 0 Å². The van der Waals surface area contributed by atoms with E-state index >= 15 is 0 Å². The number of anilines is 1. The van der Waals surface area contributed by atoms with Crippen LogP contribution >= 0.6 is 0 Å². The van der Waals surface area contributed by atoms with Gasteiger partial charge in [0.25, 0.3) is 0 Å². The van der Waals surface area contributed by atoms with Crippen LogP contribution in [0.4, 0.5) is 5.69 Å². The van der Waals surface area contributed by atoms with Gasteiger partial charge < -0.3 is 10.5 Å². The Morgan fingerprint density at radius 2 is 2.17 bits per heavy atom. The van der Waals surface area contributed by atoms with Crippen molar-refractivity contribution in [3.8, 4) is 11.8 Å². The Morgan fingerprint density at radius 1 is 1.28 bits per heavy atom. The summed E-state index contributed by atoms with van der Waals surface area (Å²) >= 11 is 0. The molecule has 0 amide bonds. The number of nitriles is 1. The molecule has 1 heterocycles. The van der Waals surface area contributed by atoms with Crippen LogP contribution in [0.5, 0.6) is 5.75 Å². The van der Waals surface area contributed by atoms with Gasteiger partial charge >= 0.3 is 0 Å². The molecule has 0 fully saturated rings. The smallest absolute Gasteiger partial charge is 0.120 e. The fourth-order valence-corrected chi connectivity index (χ4v) is 1.54. The molecular formula is C14H13N3O. The molecule has 18 heavy (non-hydrogen) atoms. The fraction of sp³-hybridized carbons (Fsp3) is 0.143.